The molecule has 1 rings (SSSR count). The molecule has 14 heavy (non-hydrogen) atoms. The largest absolute Gasteiger partial charge is 0.396 e. The fraction of sp³-hybridized carbons (Fsp3) is 1.00. The monoisotopic (exact) mass is 204 g/mol. The van der Waals surface area contributed by atoms with Crippen molar-refractivity contribution in [3.8, 4) is 0 Å². The Balaban J connectivity index is 2.48. The van der Waals surface area contributed by atoms with E-state index in [4.69, 9.17) is 19.7 Å². The van der Waals surface area contributed by atoms with Crippen molar-refractivity contribution in [3.05, 3.63) is 0 Å². The molecule has 0 amide bonds. The molecule has 0 saturated carbocycles. The van der Waals surface area contributed by atoms with Gasteiger partial charge in [-0.05, 0) is 26.7 Å². The van der Waals surface area contributed by atoms with E-state index in [1.807, 2.05) is 13.8 Å². The van der Waals surface area contributed by atoms with E-state index in [-0.39, 0.29) is 25.4 Å². The van der Waals surface area contributed by atoms with Crippen LogP contribution >= 0.6 is 0 Å². The van der Waals surface area contributed by atoms with E-state index in [0.717, 1.165) is 6.42 Å². The van der Waals surface area contributed by atoms with Gasteiger partial charge in [0.25, 0.3) is 0 Å². The van der Waals surface area contributed by atoms with Gasteiger partial charge >= 0.3 is 0 Å². The molecular weight excluding hydrogens is 184 g/mol. The molecule has 0 aromatic rings. The van der Waals surface area contributed by atoms with Crippen molar-refractivity contribution < 1.29 is 19.7 Å². The number of aliphatic hydroxyl groups is 2. The minimum atomic E-state index is -0.599. The standard InChI is InChI=1S/C10H20O4/c1-10(2)13-8(3-5-11)7-9(14-10)4-6-12/h8-9,11-12H,3-7H2,1-2H3. The van der Waals surface area contributed by atoms with E-state index in [2.05, 4.69) is 0 Å². The van der Waals surface area contributed by atoms with Crippen molar-refractivity contribution in [3.63, 3.8) is 0 Å². The van der Waals surface area contributed by atoms with Gasteiger partial charge in [0.2, 0.25) is 0 Å². The molecule has 1 aliphatic rings. The summed E-state index contributed by atoms with van der Waals surface area (Å²) < 4.78 is 11.3. The van der Waals surface area contributed by atoms with Crippen LogP contribution in [0.2, 0.25) is 0 Å². The SMILES string of the molecule is CC1(C)OC(CCO)CC(CCO)O1. The third-order valence-electron chi connectivity index (χ3n) is 2.33. The van der Waals surface area contributed by atoms with Crippen LogP contribution in [0.25, 0.3) is 0 Å². The lowest BCUT2D eigenvalue weighted by Gasteiger charge is -2.40. The highest BCUT2D eigenvalue weighted by molar-refractivity contribution is 4.76. The van der Waals surface area contributed by atoms with Gasteiger partial charge in [-0.1, -0.05) is 0 Å². The number of aliphatic hydroxyl groups excluding tert-OH is 2. The van der Waals surface area contributed by atoms with Gasteiger partial charge in [-0.3, -0.25) is 0 Å². The maximum atomic E-state index is 8.83. The average molecular weight is 204 g/mol. The number of hydrogen-bond acceptors (Lipinski definition) is 4. The van der Waals surface area contributed by atoms with Crippen molar-refractivity contribution in [2.75, 3.05) is 13.2 Å². The summed E-state index contributed by atoms with van der Waals surface area (Å²) in [5.74, 6) is -0.599. The molecule has 0 bridgehead atoms. The summed E-state index contributed by atoms with van der Waals surface area (Å²) in [5.41, 5.74) is 0. The normalized spacial score (nSPS) is 31.7. The molecule has 1 fully saturated rings. The maximum Gasteiger partial charge on any atom is 0.163 e. The van der Waals surface area contributed by atoms with Crippen LogP contribution in [0.15, 0.2) is 0 Å². The lowest BCUT2D eigenvalue weighted by atomic mass is 10.0. The number of ether oxygens (including phenoxy) is 2. The predicted molar refractivity (Wildman–Crippen MR) is 51.8 cm³/mol. The van der Waals surface area contributed by atoms with E-state index in [1.165, 1.54) is 0 Å². The lowest BCUT2D eigenvalue weighted by Crippen LogP contribution is -2.45. The molecule has 4 heteroatoms. The predicted octanol–water partition coefficient (Wildman–Crippen LogP) is 0.661. The first-order valence-electron chi connectivity index (χ1n) is 5.15. The molecule has 0 aromatic heterocycles. The quantitative estimate of drug-likeness (QED) is 0.706. The maximum absolute atomic E-state index is 8.83. The Morgan fingerprint density at radius 3 is 1.86 bits per heavy atom. The molecule has 4 nitrogen and oxygen atoms in total. The number of rotatable bonds is 4. The second-order valence-electron chi connectivity index (χ2n) is 4.14. The van der Waals surface area contributed by atoms with Gasteiger partial charge in [0.15, 0.2) is 5.79 Å². The van der Waals surface area contributed by atoms with Gasteiger partial charge < -0.3 is 19.7 Å². The van der Waals surface area contributed by atoms with Crippen LogP contribution in [0.4, 0.5) is 0 Å². The fourth-order valence-corrected chi connectivity index (χ4v) is 1.86. The van der Waals surface area contributed by atoms with Crippen LogP contribution in [0.1, 0.15) is 33.1 Å². The molecule has 0 radical (unpaired) electrons. The Bertz CT molecular complexity index is 154. The first-order chi connectivity index (χ1) is 6.57. The fourth-order valence-electron chi connectivity index (χ4n) is 1.86. The van der Waals surface area contributed by atoms with E-state index in [9.17, 15) is 0 Å². The summed E-state index contributed by atoms with van der Waals surface area (Å²) in [6.45, 7) is 3.99. The molecule has 0 aliphatic carbocycles. The van der Waals surface area contributed by atoms with Crippen molar-refractivity contribution in [2.45, 2.75) is 51.1 Å². The molecule has 2 N–H and O–H groups in total. The molecule has 0 aromatic carbocycles. The Hall–Kier alpha value is -0.160. The van der Waals surface area contributed by atoms with Crippen molar-refractivity contribution in [1.29, 1.82) is 0 Å². The van der Waals surface area contributed by atoms with Crippen molar-refractivity contribution >= 4 is 0 Å². The average Bonchev–Trinajstić information content (AvgIpc) is 2.01. The smallest absolute Gasteiger partial charge is 0.163 e. The van der Waals surface area contributed by atoms with Crippen LogP contribution in [0.5, 0.6) is 0 Å². The molecule has 2 atom stereocenters. The highest BCUT2D eigenvalue weighted by Crippen LogP contribution is 2.29. The molecule has 2 unspecified atom stereocenters. The van der Waals surface area contributed by atoms with Crippen LogP contribution in [0.3, 0.4) is 0 Å². The van der Waals surface area contributed by atoms with Gasteiger partial charge in [0.05, 0.1) is 12.2 Å². The van der Waals surface area contributed by atoms with Gasteiger partial charge in [-0.2, -0.15) is 0 Å². The Morgan fingerprint density at radius 2 is 1.50 bits per heavy atom. The van der Waals surface area contributed by atoms with E-state index < -0.39 is 5.79 Å². The molecular formula is C10H20O4. The number of hydrogen-bond donors (Lipinski definition) is 2. The second-order valence-corrected chi connectivity index (χ2v) is 4.14. The van der Waals surface area contributed by atoms with Crippen molar-refractivity contribution in [1.82, 2.24) is 0 Å². The van der Waals surface area contributed by atoms with E-state index in [1.54, 1.807) is 0 Å². The highest BCUT2D eigenvalue weighted by Gasteiger charge is 2.34. The van der Waals surface area contributed by atoms with Gasteiger partial charge in [0.1, 0.15) is 0 Å². The summed E-state index contributed by atoms with van der Waals surface area (Å²) in [6, 6.07) is 0. The minimum absolute atomic E-state index is 0.0419. The Labute approximate surface area is 84.8 Å². The Kier molecular flexibility index (Phi) is 4.31. The minimum Gasteiger partial charge on any atom is -0.396 e. The summed E-state index contributed by atoms with van der Waals surface area (Å²) in [7, 11) is 0. The zero-order valence-corrected chi connectivity index (χ0v) is 8.90. The molecule has 84 valence electrons. The van der Waals surface area contributed by atoms with Gasteiger partial charge in [-0.25, -0.2) is 0 Å². The zero-order valence-electron chi connectivity index (χ0n) is 8.90. The van der Waals surface area contributed by atoms with E-state index in [0.29, 0.717) is 12.8 Å². The third-order valence-corrected chi connectivity index (χ3v) is 2.33. The van der Waals surface area contributed by atoms with Gasteiger partial charge in [-0.15, -0.1) is 0 Å². The molecule has 1 heterocycles. The highest BCUT2D eigenvalue weighted by atomic mass is 16.7. The Morgan fingerprint density at radius 1 is 1.07 bits per heavy atom. The lowest BCUT2D eigenvalue weighted by molar-refractivity contribution is -0.302. The summed E-state index contributed by atoms with van der Waals surface area (Å²) in [4.78, 5) is 0. The van der Waals surface area contributed by atoms with E-state index >= 15 is 0 Å². The summed E-state index contributed by atoms with van der Waals surface area (Å²) >= 11 is 0. The first-order valence-corrected chi connectivity index (χ1v) is 5.15. The summed E-state index contributed by atoms with van der Waals surface area (Å²) in [6.07, 6.45) is 2.11. The second kappa shape index (κ2) is 5.07. The van der Waals surface area contributed by atoms with Crippen LogP contribution in [-0.2, 0) is 9.47 Å². The zero-order chi connectivity index (χ0) is 10.6. The van der Waals surface area contributed by atoms with Crippen LogP contribution < -0.4 is 0 Å². The van der Waals surface area contributed by atoms with Crippen LogP contribution in [0, 0.1) is 0 Å². The molecule has 1 saturated heterocycles. The van der Waals surface area contributed by atoms with Gasteiger partial charge in [0, 0.05) is 19.6 Å². The first kappa shape index (κ1) is 11.9. The summed E-state index contributed by atoms with van der Waals surface area (Å²) in [5, 5.41) is 17.7. The third kappa shape index (κ3) is 3.53. The van der Waals surface area contributed by atoms with Crippen molar-refractivity contribution in [2.24, 2.45) is 0 Å². The molecule has 1 aliphatic heterocycles. The molecule has 0 spiro atoms. The topological polar surface area (TPSA) is 58.9 Å². The van der Waals surface area contributed by atoms with Crippen LogP contribution in [-0.4, -0.2) is 41.4 Å².